The van der Waals surface area contributed by atoms with Crippen molar-refractivity contribution in [1.29, 1.82) is 0 Å². The first kappa shape index (κ1) is 23.9. The Morgan fingerprint density at radius 3 is 2.55 bits per heavy atom. The normalized spacial score (nSPS) is 27.0. The molecule has 0 saturated carbocycles. The van der Waals surface area contributed by atoms with Crippen molar-refractivity contribution >= 4 is 16.1 Å². The first-order valence-corrected chi connectivity index (χ1v) is 10.3. The van der Waals surface area contributed by atoms with E-state index in [4.69, 9.17) is 14.2 Å². The molecule has 2 rings (SSSR count). The molecule has 4 atom stereocenters. The number of unbranched alkanes of at least 4 members (excludes halogenated alkanes) is 1. The van der Waals surface area contributed by atoms with Crippen molar-refractivity contribution in [3.05, 3.63) is 0 Å². The summed E-state index contributed by atoms with van der Waals surface area (Å²) >= 11 is 0. The van der Waals surface area contributed by atoms with E-state index in [-0.39, 0.29) is 25.7 Å². The minimum Gasteiger partial charge on any atom is -0.469 e. The molecular formula is C17H23F3O8S. The van der Waals surface area contributed by atoms with E-state index in [1.54, 1.807) is 13.8 Å². The zero-order valence-electron chi connectivity index (χ0n) is 16.2. The lowest BCUT2D eigenvalue weighted by Gasteiger charge is -2.25. The van der Waals surface area contributed by atoms with Crippen LogP contribution in [-0.4, -0.2) is 57.4 Å². The van der Waals surface area contributed by atoms with Crippen LogP contribution in [0, 0.1) is 11.8 Å². The van der Waals surface area contributed by atoms with Crippen LogP contribution < -0.4 is 0 Å². The number of carbonyl (C=O) groups is 1. The summed E-state index contributed by atoms with van der Waals surface area (Å²) in [4.78, 5) is 11.0. The van der Waals surface area contributed by atoms with Crippen LogP contribution in [0.4, 0.5) is 13.2 Å². The van der Waals surface area contributed by atoms with Gasteiger partial charge < -0.3 is 18.9 Å². The number of methoxy groups -OCH3 is 1. The molecule has 166 valence electrons. The summed E-state index contributed by atoms with van der Waals surface area (Å²) in [5.41, 5.74) is -5.57. The van der Waals surface area contributed by atoms with E-state index in [0.717, 1.165) is 0 Å². The second-order valence-corrected chi connectivity index (χ2v) is 8.54. The van der Waals surface area contributed by atoms with Crippen molar-refractivity contribution in [3.8, 4) is 11.8 Å². The molecule has 2 saturated heterocycles. The van der Waals surface area contributed by atoms with Crippen molar-refractivity contribution in [2.45, 2.75) is 81.8 Å². The summed E-state index contributed by atoms with van der Waals surface area (Å²) in [5, 5.41) is 0. The second kappa shape index (κ2) is 9.18. The number of alkyl halides is 3. The number of halogens is 3. The predicted molar refractivity (Wildman–Crippen MR) is 91.4 cm³/mol. The fourth-order valence-electron chi connectivity index (χ4n) is 2.90. The van der Waals surface area contributed by atoms with E-state index in [2.05, 4.69) is 20.8 Å². The molecule has 2 aliphatic rings. The summed E-state index contributed by atoms with van der Waals surface area (Å²) in [6, 6.07) is 0. The predicted octanol–water partition coefficient (Wildman–Crippen LogP) is 2.22. The topological polar surface area (TPSA) is 97.4 Å². The molecule has 2 fully saturated rings. The van der Waals surface area contributed by atoms with E-state index in [0.29, 0.717) is 6.42 Å². The van der Waals surface area contributed by atoms with Gasteiger partial charge in [-0.05, 0) is 20.3 Å². The highest BCUT2D eigenvalue weighted by Gasteiger charge is 2.53. The van der Waals surface area contributed by atoms with Gasteiger partial charge in [-0.25, -0.2) is 0 Å². The Hall–Kier alpha value is -1.39. The van der Waals surface area contributed by atoms with Gasteiger partial charge >= 0.3 is 21.6 Å². The van der Waals surface area contributed by atoms with Gasteiger partial charge in [0.05, 0.1) is 13.2 Å². The highest BCUT2D eigenvalue weighted by molar-refractivity contribution is 7.87. The van der Waals surface area contributed by atoms with Crippen LogP contribution in [0.25, 0.3) is 0 Å². The summed E-state index contributed by atoms with van der Waals surface area (Å²) in [6.45, 7) is 3.32. The fraction of sp³-hybridized carbons (Fsp3) is 0.824. The number of hydrogen-bond donors (Lipinski definition) is 0. The van der Waals surface area contributed by atoms with E-state index >= 15 is 0 Å². The number of ether oxygens (including phenoxy) is 4. The minimum atomic E-state index is -5.83. The van der Waals surface area contributed by atoms with Gasteiger partial charge in [-0.3, -0.25) is 8.98 Å². The Labute approximate surface area is 167 Å². The van der Waals surface area contributed by atoms with Gasteiger partial charge in [-0.15, -0.1) is 11.8 Å². The van der Waals surface area contributed by atoms with Gasteiger partial charge in [0.25, 0.3) is 0 Å². The number of rotatable bonds is 7. The third-order valence-electron chi connectivity index (χ3n) is 4.20. The van der Waals surface area contributed by atoms with Crippen LogP contribution in [0.1, 0.15) is 46.0 Å². The molecule has 12 heteroatoms. The van der Waals surface area contributed by atoms with Gasteiger partial charge in [0.2, 0.25) is 0 Å². The third kappa shape index (κ3) is 6.55. The number of carbonyl (C=O) groups excluding carboxylic acids is 1. The highest BCUT2D eigenvalue weighted by atomic mass is 32.2. The van der Waals surface area contributed by atoms with Crippen molar-refractivity contribution in [2.75, 3.05) is 7.11 Å². The van der Waals surface area contributed by atoms with Gasteiger partial charge in [0.1, 0.15) is 12.2 Å². The zero-order valence-corrected chi connectivity index (χ0v) is 17.0. The lowest BCUT2D eigenvalue weighted by atomic mass is 10.1. The quantitative estimate of drug-likeness (QED) is 0.194. The minimum absolute atomic E-state index is 0.0934. The smallest absolute Gasteiger partial charge is 0.469 e. The Balaban J connectivity index is 2.01. The molecule has 2 heterocycles. The molecule has 0 aromatic rings. The SMILES string of the molecule is COC(=O)CCCC#CC[C@@H](OS(=O)(=O)C(F)(F)F)[C@@H]1C[C@H]2OC(C)(C)O[C@H]2O1. The first-order valence-electron chi connectivity index (χ1n) is 8.88. The molecule has 0 amide bonds. The van der Waals surface area contributed by atoms with Crippen molar-refractivity contribution in [3.63, 3.8) is 0 Å². The molecule has 0 unspecified atom stereocenters. The largest absolute Gasteiger partial charge is 0.523 e. The first-order chi connectivity index (χ1) is 13.3. The molecule has 29 heavy (non-hydrogen) atoms. The third-order valence-corrected chi connectivity index (χ3v) is 5.27. The molecule has 0 bridgehead atoms. The standard InChI is InChI=1S/C17H23F3O8S/c1-16(2)26-13-10-12(25-15(13)27-16)11(28-29(22,23)17(18,19)20)8-6-4-5-7-9-14(21)24-3/h11-13,15H,5,7-10H2,1-3H3/t11-,12+,13-,15-/m1/s1. The van der Waals surface area contributed by atoms with Gasteiger partial charge in [0, 0.05) is 25.7 Å². The Bertz CT molecular complexity index is 737. The van der Waals surface area contributed by atoms with Crippen LogP contribution in [-0.2, 0) is 38.0 Å². The van der Waals surface area contributed by atoms with Crippen molar-refractivity contribution in [1.82, 2.24) is 0 Å². The lowest BCUT2D eigenvalue weighted by molar-refractivity contribution is -0.212. The van der Waals surface area contributed by atoms with Crippen LogP contribution in [0.5, 0.6) is 0 Å². The number of esters is 1. The Kier molecular flexibility index (Phi) is 7.56. The average molecular weight is 444 g/mol. The Morgan fingerprint density at radius 2 is 1.97 bits per heavy atom. The summed E-state index contributed by atoms with van der Waals surface area (Å²) in [5.74, 6) is 3.95. The zero-order chi connectivity index (χ0) is 21.9. The van der Waals surface area contributed by atoms with Crippen molar-refractivity contribution in [2.24, 2.45) is 0 Å². The maximum Gasteiger partial charge on any atom is 0.523 e. The summed E-state index contributed by atoms with van der Waals surface area (Å²) in [7, 11) is -4.58. The van der Waals surface area contributed by atoms with Crippen LogP contribution in [0.2, 0.25) is 0 Å². The second-order valence-electron chi connectivity index (χ2n) is 6.97. The Morgan fingerprint density at radius 1 is 1.28 bits per heavy atom. The molecule has 2 aliphatic heterocycles. The van der Waals surface area contributed by atoms with Crippen LogP contribution in [0.15, 0.2) is 0 Å². The molecule has 0 radical (unpaired) electrons. The van der Waals surface area contributed by atoms with E-state index in [1.807, 2.05) is 0 Å². The van der Waals surface area contributed by atoms with Gasteiger partial charge in [-0.2, -0.15) is 21.6 Å². The summed E-state index contributed by atoms with van der Waals surface area (Å²) in [6.07, 6.45) is -3.29. The molecule has 0 aromatic heterocycles. The molecule has 0 N–H and O–H groups in total. The molecule has 0 aliphatic carbocycles. The van der Waals surface area contributed by atoms with Crippen LogP contribution >= 0.6 is 0 Å². The molecule has 0 spiro atoms. The van der Waals surface area contributed by atoms with E-state index in [9.17, 15) is 26.4 Å². The monoisotopic (exact) mass is 444 g/mol. The van der Waals surface area contributed by atoms with E-state index < -0.39 is 52.0 Å². The maximum absolute atomic E-state index is 12.7. The molecule has 8 nitrogen and oxygen atoms in total. The fourth-order valence-corrected chi connectivity index (χ4v) is 3.53. The molecular weight excluding hydrogens is 421 g/mol. The van der Waals surface area contributed by atoms with Crippen LogP contribution in [0.3, 0.4) is 0 Å². The van der Waals surface area contributed by atoms with Crippen molar-refractivity contribution < 1.29 is 49.5 Å². The number of hydrogen-bond acceptors (Lipinski definition) is 8. The maximum atomic E-state index is 12.7. The molecule has 0 aromatic carbocycles. The lowest BCUT2D eigenvalue weighted by Crippen LogP contribution is -2.37. The number of fused-ring (bicyclic) bond motifs is 1. The average Bonchev–Trinajstić information content (AvgIpc) is 3.08. The van der Waals surface area contributed by atoms with Gasteiger partial charge in [-0.1, -0.05) is 0 Å². The van der Waals surface area contributed by atoms with Gasteiger partial charge in [0.15, 0.2) is 12.1 Å². The van der Waals surface area contributed by atoms with E-state index in [1.165, 1.54) is 7.11 Å². The highest BCUT2D eigenvalue weighted by Crippen LogP contribution is 2.39. The summed E-state index contributed by atoms with van der Waals surface area (Å²) < 4.78 is 86.6.